The number of amides is 2. The largest absolute Gasteiger partial charge is 0.397 e. The molecular weight excluding hydrogens is 330 g/mol. The summed E-state index contributed by atoms with van der Waals surface area (Å²) in [6.07, 6.45) is 0. The fraction of sp³-hybridized carbons (Fsp3) is 0.188. The minimum Gasteiger partial charge on any atom is -0.397 e. The summed E-state index contributed by atoms with van der Waals surface area (Å²) in [5.74, 6) is 0. The van der Waals surface area contributed by atoms with Crippen LogP contribution in [-0.4, -0.2) is 34.7 Å². The molecule has 0 radical (unpaired) electrons. The number of ether oxygens (including phenoxy) is 1. The fourth-order valence-electron chi connectivity index (χ4n) is 1.99. The number of hydrogen-bond donors (Lipinski definition) is 3. The number of nitrogens with one attached hydrogen (secondary N) is 2. The normalized spacial score (nSPS) is 11.0. The van der Waals surface area contributed by atoms with E-state index in [1.807, 2.05) is 0 Å². The Morgan fingerprint density at radius 3 is 2.46 bits per heavy atom. The van der Waals surface area contributed by atoms with Gasteiger partial charge >= 0.3 is 6.03 Å². The second kappa shape index (κ2) is 7.80. The average Bonchev–Trinajstić information content (AvgIpc) is 2.57. The first kappa shape index (κ1) is 17.8. The number of nitrogens with two attached hydrogens (primary N) is 1. The van der Waals surface area contributed by atoms with Gasteiger partial charge in [0.15, 0.2) is 0 Å². The van der Waals surface area contributed by atoms with Gasteiger partial charge in [-0.25, -0.2) is 13.2 Å². The molecule has 0 fully saturated rings. The second-order valence-corrected chi connectivity index (χ2v) is 6.89. The number of sulfone groups is 1. The van der Waals surface area contributed by atoms with Crippen LogP contribution in [0.4, 0.5) is 16.2 Å². The van der Waals surface area contributed by atoms with Crippen molar-refractivity contribution in [1.29, 1.82) is 0 Å². The summed E-state index contributed by atoms with van der Waals surface area (Å²) in [5.41, 5.74) is 6.36. The topological polar surface area (TPSA) is 111 Å². The minimum atomic E-state index is -3.65. The highest BCUT2D eigenvalue weighted by atomic mass is 32.2. The summed E-state index contributed by atoms with van der Waals surface area (Å²) in [7, 11) is -2.12. The van der Waals surface area contributed by atoms with Gasteiger partial charge in [0.25, 0.3) is 0 Å². The fourth-order valence-corrected chi connectivity index (χ4v) is 3.31. The summed E-state index contributed by atoms with van der Waals surface area (Å²) in [5, 5.41) is 5.14. The van der Waals surface area contributed by atoms with Crippen molar-refractivity contribution >= 4 is 27.2 Å². The third-order valence-electron chi connectivity index (χ3n) is 3.23. The van der Waals surface area contributed by atoms with Gasteiger partial charge in [-0.1, -0.05) is 18.2 Å². The minimum absolute atomic E-state index is 0.0662. The lowest BCUT2D eigenvalue weighted by molar-refractivity contribution is 0.198. The van der Waals surface area contributed by atoms with Crippen molar-refractivity contribution in [3.63, 3.8) is 0 Å². The number of methoxy groups -OCH3 is 1. The Kier molecular flexibility index (Phi) is 5.78. The molecule has 0 aromatic heterocycles. The smallest absolute Gasteiger partial charge is 0.319 e. The maximum atomic E-state index is 12.5. The Bertz CT molecular complexity index is 807. The maximum Gasteiger partial charge on any atom is 0.319 e. The van der Waals surface area contributed by atoms with Crippen LogP contribution in [-0.2, 0) is 14.6 Å². The first-order valence-electron chi connectivity index (χ1n) is 7.18. The zero-order valence-corrected chi connectivity index (χ0v) is 14.0. The molecule has 0 aliphatic carbocycles. The zero-order valence-electron chi connectivity index (χ0n) is 13.2. The van der Waals surface area contributed by atoms with Gasteiger partial charge in [0.2, 0.25) is 9.84 Å². The van der Waals surface area contributed by atoms with Crippen molar-refractivity contribution in [3.8, 4) is 0 Å². The Hall–Kier alpha value is -2.58. The van der Waals surface area contributed by atoms with Gasteiger partial charge in [-0.3, -0.25) is 0 Å². The summed E-state index contributed by atoms with van der Waals surface area (Å²) >= 11 is 0. The highest BCUT2D eigenvalue weighted by molar-refractivity contribution is 7.91. The van der Waals surface area contributed by atoms with Crippen molar-refractivity contribution in [1.82, 2.24) is 5.32 Å². The lowest BCUT2D eigenvalue weighted by Crippen LogP contribution is -2.31. The first-order chi connectivity index (χ1) is 11.4. The van der Waals surface area contributed by atoms with E-state index in [1.54, 1.807) is 18.2 Å². The van der Waals surface area contributed by atoms with E-state index < -0.39 is 15.9 Å². The van der Waals surface area contributed by atoms with Crippen LogP contribution in [0.25, 0.3) is 0 Å². The van der Waals surface area contributed by atoms with Crippen LogP contribution >= 0.6 is 0 Å². The maximum absolute atomic E-state index is 12.5. The highest BCUT2D eigenvalue weighted by Crippen LogP contribution is 2.26. The standard InChI is InChI=1S/C16H19N3O4S/c1-23-10-9-18-16(20)19-15-8-7-13(11-14(15)17)24(21,22)12-5-3-2-4-6-12/h2-8,11H,9-10,17H2,1H3,(H2,18,19,20). The molecule has 0 saturated heterocycles. The monoisotopic (exact) mass is 349 g/mol. The number of rotatable bonds is 6. The van der Waals surface area contributed by atoms with Gasteiger partial charge in [-0.2, -0.15) is 0 Å². The third kappa shape index (κ3) is 4.24. The molecule has 8 heteroatoms. The summed E-state index contributed by atoms with van der Waals surface area (Å²) < 4.78 is 29.9. The Morgan fingerprint density at radius 2 is 1.83 bits per heavy atom. The lowest BCUT2D eigenvalue weighted by Gasteiger charge is -2.11. The predicted octanol–water partition coefficient (Wildman–Crippen LogP) is 1.87. The van der Waals surface area contributed by atoms with Gasteiger partial charge in [-0.05, 0) is 30.3 Å². The molecule has 4 N–H and O–H groups in total. The molecule has 7 nitrogen and oxygen atoms in total. The first-order valence-corrected chi connectivity index (χ1v) is 8.67. The molecule has 0 unspecified atom stereocenters. The molecule has 0 aliphatic rings. The van der Waals surface area contributed by atoms with Gasteiger partial charge in [-0.15, -0.1) is 0 Å². The molecule has 0 aliphatic heterocycles. The molecule has 0 bridgehead atoms. The van der Waals surface area contributed by atoms with Crippen LogP contribution in [0.3, 0.4) is 0 Å². The molecule has 2 aromatic carbocycles. The molecule has 0 spiro atoms. The van der Waals surface area contributed by atoms with E-state index in [0.29, 0.717) is 18.8 Å². The molecule has 2 aromatic rings. The van der Waals surface area contributed by atoms with Crippen molar-refractivity contribution < 1.29 is 17.9 Å². The van der Waals surface area contributed by atoms with Gasteiger partial charge in [0.05, 0.1) is 27.8 Å². The predicted molar refractivity (Wildman–Crippen MR) is 91.6 cm³/mol. The van der Waals surface area contributed by atoms with Crippen LogP contribution < -0.4 is 16.4 Å². The number of carbonyl (C=O) groups is 1. The van der Waals surface area contributed by atoms with Crippen LogP contribution in [0.15, 0.2) is 58.3 Å². The van der Waals surface area contributed by atoms with Crippen molar-refractivity contribution in [3.05, 3.63) is 48.5 Å². The van der Waals surface area contributed by atoms with Crippen LogP contribution in [0.2, 0.25) is 0 Å². The quantitative estimate of drug-likeness (QED) is 0.545. The van der Waals surface area contributed by atoms with E-state index >= 15 is 0 Å². The summed E-state index contributed by atoms with van der Waals surface area (Å²) in [6, 6.07) is 11.8. The molecule has 0 heterocycles. The van der Waals surface area contributed by atoms with Crippen LogP contribution in [0, 0.1) is 0 Å². The molecule has 0 atom stereocenters. The summed E-state index contributed by atoms with van der Waals surface area (Å²) in [4.78, 5) is 11.9. The van der Waals surface area contributed by atoms with E-state index in [1.165, 1.54) is 37.4 Å². The van der Waals surface area contributed by atoms with E-state index in [0.717, 1.165) is 0 Å². The third-order valence-corrected chi connectivity index (χ3v) is 4.99. The highest BCUT2D eigenvalue weighted by Gasteiger charge is 2.18. The van der Waals surface area contributed by atoms with Crippen LogP contribution in [0.1, 0.15) is 0 Å². The number of urea groups is 1. The van der Waals surface area contributed by atoms with E-state index in [4.69, 9.17) is 10.5 Å². The Labute approximate surface area is 140 Å². The zero-order chi connectivity index (χ0) is 17.6. The Balaban J connectivity index is 2.17. The number of benzene rings is 2. The van der Waals surface area contributed by atoms with E-state index in [2.05, 4.69) is 10.6 Å². The Morgan fingerprint density at radius 1 is 1.12 bits per heavy atom. The molecule has 2 rings (SSSR count). The number of anilines is 2. The van der Waals surface area contributed by atoms with E-state index in [9.17, 15) is 13.2 Å². The van der Waals surface area contributed by atoms with Crippen molar-refractivity contribution in [2.75, 3.05) is 31.3 Å². The molecule has 2 amide bonds. The summed E-state index contributed by atoms with van der Waals surface area (Å²) in [6.45, 7) is 0.736. The number of hydrogen-bond acceptors (Lipinski definition) is 5. The van der Waals surface area contributed by atoms with E-state index in [-0.39, 0.29) is 15.5 Å². The van der Waals surface area contributed by atoms with Gasteiger partial charge < -0.3 is 21.1 Å². The molecule has 128 valence electrons. The van der Waals surface area contributed by atoms with Crippen LogP contribution in [0.5, 0.6) is 0 Å². The SMILES string of the molecule is COCCNC(=O)Nc1ccc(S(=O)(=O)c2ccccc2)cc1N. The molecular formula is C16H19N3O4S. The average molecular weight is 349 g/mol. The lowest BCUT2D eigenvalue weighted by atomic mass is 10.3. The number of carbonyl (C=O) groups excluding carboxylic acids is 1. The van der Waals surface area contributed by atoms with Crippen molar-refractivity contribution in [2.45, 2.75) is 9.79 Å². The van der Waals surface area contributed by atoms with Gasteiger partial charge in [0.1, 0.15) is 0 Å². The second-order valence-electron chi connectivity index (χ2n) is 4.94. The number of nitrogen functional groups attached to an aromatic ring is 1. The molecule has 0 saturated carbocycles. The van der Waals surface area contributed by atoms with Crippen molar-refractivity contribution in [2.24, 2.45) is 0 Å². The van der Waals surface area contributed by atoms with Gasteiger partial charge in [0, 0.05) is 13.7 Å². The molecule has 24 heavy (non-hydrogen) atoms.